The minimum absolute atomic E-state index is 0.246. The summed E-state index contributed by atoms with van der Waals surface area (Å²) in [5, 5.41) is 0. The van der Waals surface area contributed by atoms with Gasteiger partial charge in [0.1, 0.15) is 17.1 Å². The van der Waals surface area contributed by atoms with Crippen molar-refractivity contribution in [2.75, 3.05) is 14.2 Å². The van der Waals surface area contributed by atoms with Gasteiger partial charge in [-0.05, 0) is 37.8 Å². The molecule has 1 aromatic carbocycles. The summed E-state index contributed by atoms with van der Waals surface area (Å²) in [7, 11) is 3.00. The van der Waals surface area contributed by atoms with Crippen molar-refractivity contribution < 1.29 is 23.8 Å². The smallest absolute Gasteiger partial charge is 0.303 e. The molecule has 0 aromatic heterocycles. The van der Waals surface area contributed by atoms with Crippen molar-refractivity contribution >= 4 is 11.8 Å². The number of hydrogen-bond acceptors (Lipinski definition) is 5. The van der Waals surface area contributed by atoms with Crippen molar-refractivity contribution in [2.45, 2.75) is 38.2 Å². The van der Waals surface area contributed by atoms with Gasteiger partial charge >= 0.3 is 5.97 Å². The molecule has 1 aromatic rings. The molecule has 0 atom stereocenters. The average molecular weight is 292 g/mol. The first-order valence-corrected chi connectivity index (χ1v) is 6.99. The van der Waals surface area contributed by atoms with Crippen LogP contribution in [0.5, 0.6) is 11.5 Å². The maximum atomic E-state index is 13.0. The molecular formula is C16H20O5. The number of Topliss-reactive ketones (excluding diaryl/α,β-unsaturated/α-hetero) is 1. The van der Waals surface area contributed by atoms with Crippen molar-refractivity contribution in [3.8, 4) is 11.5 Å². The summed E-state index contributed by atoms with van der Waals surface area (Å²) in [4.78, 5) is 24.4. The van der Waals surface area contributed by atoms with E-state index in [1.807, 2.05) is 0 Å². The molecule has 0 saturated heterocycles. The van der Waals surface area contributed by atoms with Crippen LogP contribution in [0.25, 0.3) is 0 Å². The maximum absolute atomic E-state index is 13.0. The van der Waals surface area contributed by atoms with Gasteiger partial charge in [0.25, 0.3) is 0 Å². The highest BCUT2D eigenvalue weighted by atomic mass is 16.6. The molecule has 0 heterocycles. The van der Waals surface area contributed by atoms with E-state index in [2.05, 4.69) is 0 Å². The van der Waals surface area contributed by atoms with E-state index in [1.54, 1.807) is 18.2 Å². The largest absolute Gasteiger partial charge is 0.496 e. The molecule has 0 aliphatic heterocycles. The normalized spacial score (nSPS) is 16.3. The molecular weight excluding hydrogens is 272 g/mol. The Morgan fingerprint density at radius 3 is 2.00 bits per heavy atom. The predicted octanol–water partition coefficient (Wildman–Crippen LogP) is 2.76. The third kappa shape index (κ3) is 2.86. The molecule has 0 radical (unpaired) electrons. The highest BCUT2D eigenvalue weighted by Gasteiger charge is 2.46. The van der Waals surface area contributed by atoms with E-state index in [0.717, 1.165) is 12.8 Å². The lowest BCUT2D eigenvalue weighted by molar-refractivity contribution is -0.152. The van der Waals surface area contributed by atoms with Crippen LogP contribution in [0, 0.1) is 0 Å². The number of rotatable bonds is 5. The Morgan fingerprint density at radius 1 is 1.05 bits per heavy atom. The lowest BCUT2D eigenvalue weighted by Gasteiger charge is -2.28. The van der Waals surface area contributed by atoms with Crippen molar-refractivity contribution in [3.05, 3.63) is 23.8 Å². The predicted molar refractivity (Wildman–Crippen MR) is 76.8 cm³/mol. The first kappa shape index (κ1) is 15.4. The SMILES string of the molecule is COc1cccc(OC)c1C(=O)C1(OC(C)=O)CCCC1. The van der Waals surface area contributed by atoms with Crippen LogP contribution in [0.15, 0.2) is 18.2 Å². The van der Waals surface area contributed by atoms with E-state index in [0.29, 0.717) is 29.9 Å². The van der Waals surface area contributed by atoms with Gasteiger partial charge in [0, 0.05) is 6.92 Å². The second-order valence-corrected chi connectivity index (χ2v) is 5.16. The summed E-state index contributed by atoms with van der Waals surface area (Å²) >= 11 is 0. The molecule has 0 N–H and O–H groups in total. The number of carbonyl (C=O) groups excluding carboxylic acids is 2. The summed E-state index contributed by atoms with van der Waals surface area (Å²) in [5.74, 6) is 0.166. The van der Waals surface area contributed by atoms with E-state index in [9.17, 15) is 9.59 Å². The number of carbonyl (C=O) groups is 2. The van der Waals surface area contributed by atoms with Crippen LogP contribution in [0.3, 0.4) is 0 Å². The summed E-state index contributed by atoms with van der Waals surface area (Å²) in [6, 6.07) is 5.15. The maximum Gasteiger partial charge on any atom is 0.303 e. The average Bonchev–Trinajstić information content (AvgIpc) is 2.94. The van der Waals surface area contributed by atoms with Gasteiger partial charge in [-0.2, -0.15) is 0 Å². The fourth-order valence-electron chi connectivity index (χ4n) is 2.90. The third-order valence-electron chi connectivity index (χ3n) is 3.82. The molecule has 0 unspecified atom stereocenters. The van der Waals surface area contributed by atoms with Gasteiger partial charge in [0.05, 0.1) is 14.2 Å². The highest BCUT2D eigenvalue weighted by molar-refractivity contribution is 6.07. The van der Waals surface area contributed by atoms with E-state index >= 15 is 0 Å². The van der Waals surface area contributed by atoms with Crippen LogP contribution < -0.4 is 9.47 Å². The zero-order valence-corrected chi connectivity index (χ0v) is 12.6. The van der Waals surface area contributed by atoms with E-state index < -0.39 is 11.6 Å². The Morgan fingerprint density at radius 2 is 1.57 bits per heavy atom. The van der Waals surface area contributed by atoms with Crippen LogP contribution in [0.1, 0.15) is 43.0 Å². The molecule has 5 nitrogen and oxygen atoms in total. The number of methoxy groups -OCH3 is 2. The molecule has 0 spiro atoms. The lowest BCUT2D eigenvalue weighted by atomic mass is 9.90. The molecule has 1 saturated carbocycles. The summed E-state index contributed by atoms with van der Waals surface area (Å²) in [5.41, 5.74) is -0.751. The summed E-state index contributed by atoms with van der Waals surface area (Å²) < 4.78 is 16.0. The van der Waals surface area contributed by atoms with Gasteiger partial charge < -0.3 is 14.2 Å². The second kappa shape index (κ2) is 6.16. The van der Waals surface area contributed by atoms with Crippen molar-refractivity contribution in [3.63, 3.8) is 0 Å². The zero-order chi connectivity index (χ0) is 15.5. The van der Waals surface area contributed by atoms with Gasteiger partial charge in [-0.25, -0.2) is 0 Å². The fraction of sp³-hybridized carbons (Fsp3) is 0.500. The van der Waals surface area contributed by atoms with Crippen molar-refractivity contribution in [2.24, 2.45) is 0 Å². The van der Waals surface area contributed by atoms with Gasteiger partial charge in [-0.15, -0.1) is 0 Å². The van der Waals surface area contributed by atoms with Gasteiger partial charge in [0.2, 0.25) is 5.78 Å². The van der Waals surface area contributed by atoms with Crippen molar-refractivity contribution in [1.82, 2.24) is 0 Å². The molecule has 114 valence electrons. The Bertz CT molecular complexity index is 521. The number of ketones is 1. The highest BCUT2D eigenvalue weighted by Crippen LogP contribution is 2.40. The molecule has 1 aliphatic rings. The number of benzene rings is 1. The Balaban J connectivity index is 2.49. The molecule has 1 aliphatic carbocycles. The first-order valence-electron chi connectivity index (χ1n) is 6.99. The monoisotopic (exact) mass is 292 g/mol. The summed E-state index contributed by atoms with van der Waals surface area (Å²) in [6.07, 6.45) is 2.78. The standard InChI is InChI=1S/C16H20O5/c1-11(17)21-16(9-4-5-10-16)15(18)14-12(19-2)7-6-8-13(14)20-3/h6-8H,4-5,9-10H2,1-3H3. The molecule has 1 fully saturated rings. The topological polar surface area (TPSA) is 61.8 Å². The minimum Gasteiger partial charge on any atom is -0.496 e. The van der Waals surface area contributed by atoms with Crippen molar-refractivity contribution in [1.29, 1.82) is 0 Å². The minimum atomic E-state index is -1.09. The Labute approximate surface area is 124 Å². The van der Waals surface area contributed by atoms with Gasteiger partial charge in [0.15, 0.2) is 5.60 Å². The number of ether oxygens (including phenoxy) is 3. The Kier molecular flexibility index (Phi) is 4.50. The fourth-order valence-corrected chi connectivity index (χ4v) is 2.90. The van der Waals surface area contributed by atoms with Crippen LogP contribution in [0.4, 0.5) is 0 Å². The Hall–Kier alpha value is -2.04. The second-order valence-electron chi connectivity index (χ2n) is 5.16. The van der Waals surface area contributed by atoms with Gasteiger partial charge in [-0.1, -0.05) is 6.07 Å². The van der Waals surface area contributed by atoms with Crippen LogP contribution in [-0.4, -0.2) is 31.6 Å². The van der Waals surface area contributed by atoms with Crippen LogP contribution in [0.2, 0.25) is 0 Å². The third-order valence-corrected chi connectivity index (χ3v) is 3.82. The molecule has 0 amide bonds. The van der Waals surface area contributed by atoms with E-state index in [-0.39, 0.29) is 5.78 Å². The number of esters is 1. The first-order chi connectivity index (χ1) is 10.0. The van der Waals surface area contributed by atoms with Gasteiger partial charge in [-0.3, -0.25) is 9.59 Å². The molecule has 5 heteroatoms. The lowest BCUT2D eigenvalue weighted by Crippen LogP contribution is -2.40. The van der Waals surface area contributed by atoms with Crippen LogP contribution >= 0.6 is 0 Å². The zero-order valence-electron chi connectivity index (χ0n) is 12.6. The summed E-state index contributed by atoms with van der Waals surface area (Å²) in [6.45, 7) is 1.33. The van der Waals surface area contributed by atoms with E-state index in [4.69, 9.17) is 14.2 Å². The van der Waals surface area contributed by atoms with Crippen LogP contribution in [-0.2, 0) is 9.53 Å². The molecule has 0 bridgehead atoms. The number of hydrogen-bond donors (Lipinski definition) is 0. The molecule has 2 rings (SSSR count). The van der Waals surface area contributed by atoms with E-state index in [1.165, 1.54) is 21.1 Å². The quantitative estimate of drug-likeness (QED) is 0.617. The molecule has 21 heavy (non-hydrogen) atoms.